The second-order valence-electron chi connectivity index (χ2n) is 6.97. The van der Waals surface area contributed by atoms with Crippen LogP contribution in [0.2, 0.25) is 5.02 Å². The molecular weight excluding hydrogens is 366 g/mol. The summed E-state index contributed by atoms with van der Waals surface area (Å²) in [5.74, 6) is -0.414. The first-order valence-electron chi connectivity index (χ1n) is 9.46. The number of hydrogen-bond donors (Lipinski definition) is 0. The van der Waals surface area contributed by atoms with Gasteiger partial charge in [-0.05, 0) is 37.1 Å². The Morgan fingerprint density at radius 2 is 1.89 bits per heavy atom. The van der Waals surface area contributed by atoms with Crippen molar-refractivity contribution in [3.63, 3.8) is 0 Å². The zero-order valence-corrected chi connectivity index (χ0v) is 17.0. The summed E-state index contributed by atoms with van der Waals surface area (Å²) in [6.07, 6.45) is 3.66. The number of anilines is 1. The molecule has 0 radical (unpaired) electrons. The van der Waals surface area contributed by atoms with Crippen LogP contribution in [0.4, 0.5) is 5.69 Å². The number of benzene rings is 1. The minimum absolute atomic E-state index is 0.000573. The zero-order chi connectivity index (χ0) is 20.0. The molecule has 0 saturated carbocycles. The van der Waals surface area contributed by atoms with E-state index in [1.165, 1.54) is 9.80 Å². The number of rotatable bonds is 8. The van der Waals surface area contributed by atoms with Gasteiger partial charge < -0.3 is 9.80 Å². The van der Waals surface area contributed by atoms with E-state index in [0.29, 0.717) is 10.7 Å². The highest BCUT2D eigenvalue weighted by Crippen LogP contribution is 2.22. The topological polar surface area (TPSA) is 60.9 Å². The zero-order valence-electron chi connectivity index (χ0n) is 16.3. The Kier molecular flexibility index (Phi) is 7.66. The van der Waals surface area contributed by atoms with Crippen molar-refractivity contribution in [1.29, 1.82) is 0 Å². The summed E-state index contributed by atoms with van der Waals surface area (Å²) in [6, 6.07) is 6.93. The molecule has 0 aromatic heterocycles. The summed E-state index contributed by atoms with van der Waals surface area (Å²) in [4.78, 5) is 42.0. The second kappa shape index (κ2) is 9.74. The molecule has 1 aliphatic heterocycles. The predicted molar refractivity (Wildman–Crippen MR) is 106 cm³/mol. The molecule has 1 heterocycles. The Hall–Kier alpha value is -2.08. The SMILES string of the molecule is CCCC[C@H](CC)C(=O)N(C)CC(=O)N1CC(=O)N(c2ccc(Cl)cc2)C1. The van der Waals surface area contributed by atoms with Crippen molar-refractivity contribution >= 4 is 35.0 Å². The maximum Gasteiger partial charge on any atom is 0.248 e. The fourth-order valence-electron chi connectivity index (χ4n) is 3.21. The molecule has 0 N–H and O–H groups in total. The summed E-state index contributed by atoms with van der Waals surface area (Å²) in [5, 5.41) is 0.590. The lowest BCUT2D eigenvalue weighted by Crippen LogP contribution is -2.42. The molecular formula is C20H28ClN3O3. The lowest BCUT2D eigenvalue weighted by Gasteiger charge is -2.25. The Balaban J connectivity index is 1.94. The van der Waals surface area contributed by atoms with E-state index >= 15 is 0 Å². The molecule has 1 atom stereocenters. The standard InChI is InChI=1S/C20H28ClN3O3/c1-4-6-7-15(5-2)20(27)22(3)12-18(25)23-13-19(26)24(14-23)17-10-8-16(21)9-11-17/h8-11,15H,4-7,12-14H2,1-3H3/t15-/m0/s1. The molecule has 1 aromatic carbocycles. The first kappa shape index (κ1) is 21.2. The van der Waals surface area contributed by atoms with Crippen LogP contribution in [-0.2, 0) is 14.4 Å². The molecule has 0 bridgehead atoms. The van der Waals surface area contributed by atoms with Crippen LogP contribution in [-0.4, -0.2) is 54.3 Å². The highest BCUT2D eigenvalue weighted by molar-refractivity contribution is 6.30. The summed E-state index contributed by atoms with van der Waals surface area (Å²) < 4.78 is 0. The summed E-state index contributed by atoms with van der Waals surface area (Å²) >= 11 is 5.88. The summed E-state index contributed by atoms with van der Waals surface area (Å²) in [6.45, 7) is 4.30. The molecule has 1 aromatic rings. The fraction of sp³-hybridized carbons (Fsp3) is 0.550. The minimum atomic E-state index is -0.221. The van der Waals surface area contributed by atoms with Gasteiger partial charge in [-0.15, -0.1) is 0 Å². The van der Waals surface area contributed by atoms with Crippen molar-refractivity contribution < 1.29 is 14.4 Å². The number of carbonyl (C=O) groups is 3. The molecule has 7 heteroatoms. The molecule has 0 unspecified atom stereocenters. The average Bonchev–Trinajstić information content (AvgIpc) is 3.04. The lowest BCUT2D eigenvalue weighted by atomic mass is 9.98. The number of carbonyl (C=O) groups excluding carboxylic acids is 3. The number of likely N-dealkylation sites (N-methyl/N-ethyl adjacent to an activating group) is 1. The molecule has 2 rings (SSSR count). The van der Waals surface area contributed by atoms with E-state index in [1.807, 2.05) is 6.92 Å². The number of halogens is 1. The molecule has 6 nitrogen and oxygen atoms in total. The van der Waals surface area contributed by atoms with Crippen molar-refractivity contribution in [3.05, 3.63) is 29.3 Å². The first-order valence-corrected chi connectivity index (χ1v) is 9.83. The van der Waals surface area contributed by atoms with Gasteiger partial charge in [0.2, 0.25) is 17.7 Å². The van der Waals surface area contributed by atoms with Gasteiger partial charge in [0.25, 0.3) is 0 Å². The highest BCUT2D eigenvalue weighted by atomic mass is 35.5. The number of amides is 3. The first-order chi connectivity index (χ1) is 12.9. The molecule has 1 saturated heterocycles. The third kappa shape index (κ3) is 5.45. The molecule has 1 fully saturated rings. The van der Waals surface area contributed by atoms with Crippen molar-refractivity contribution in [2.24, 2.45) is 5.92 Å². The van der Waals surface area contributed by atoms with Crippen LogP contribution in [0.5, 0.6) is 0 Å². The van der Waals surface area contributed by atoms with Crippen molar-refractivity contribution in [1.82, 2.24) is 9.80 Å². The van der Waals surface area contributed by atoms with Gasteiger partial charge in [0, 0.05) is 23.7 Å². The van der Waals surface area contributed by atoms with Crippen LogP contribution in [0.15, 0.2) is 24.3 Å². The van der Waals surface area contributed by atoms with Gasteiger partial charge in [-0.2, -0.15) is 0 Å². The van der Waals surface area contributed by atoms with Gasteiger partial charge in [-0.3, -0.25) is 19.3 Å². The van der Waals surface area contributed by atoms with Gasteiger partial charge in [0.1, 0.15) is 13.2 Å². The third-order valence-corrected chi connectivity index (χ3v) is 5.18. The van der Waals surface area contributed by atoms with E-state index in [2.05, 4.69) is 6.92 Å². The molecule has 0 aliphatic carbocycles. The summed E-state index contributed by atoms with van der Waals surface area (Å²) in [7, 11) is 1.66. The van der Waals surface area contributed by atoms with Gasteiger partial charge in [-0.1, -0.05) is 38.3 Å². The van der Waals surface area contributed by atoms with Gasteiger partial charge >= 0.3 is 0 Å². The van der Waals surface area contributed by atoms with E-state index in [1.54, 1.807) is 36.2 Å². The molecule has 148 valence electrons. The maximum absolute atomic E-state index is 12.6. The van der Waals surface area contributed by atoms with Gasteiger partial charge in [0.05, 0.1) is 6.54 Å². The van der Waals surface area contributed by atoms with Crippen molar-refractivity contribution in [2.45, 2.75) is 39.5 Å². The largest absolute Gasteiger partial charge is 0.336 e. The van der Waals surface area contributed by atoms with E-state index in [-0.39, 0.29) is 43.4 Å². The van der Waals surface area contributed by atoms with Crippen LogP contribution in [0.1, 0.15) is 39.5 Å². The van der Waals surface area contributed by atoms with Crippen LogP contribution in [0, 0.1) is 5.92 Å². The van der Waals surface area contributed by atoms with Crippen LogP contribution in [0.25, 0.3) is 0 Å². The predicted octanol–water partition coefficient (Wildman–Crippen LogP) is 3.15. The molecule has 3 amide bonds. The highest BCUT2D eigenvalue weighted by Gasteiger charge is 2.33. The quantitative estimate of drug-likeness (QED) is 0.681. The Morgan fingerprint density at radius 3 is 2.48 bits per heavy atom. The maximum atomic E-state index is 12.6. The molecule has 27 heavy (non-hydrogen) atoms. The number of hydrogen-bond acceptors (Lipinski definition) is 3. The normalized spacial score (nSPS) is 15.2. The Labute approximate surface area is 166 Å². The number of nitrogens with zero attached hydrogens (tertiary/aromatic N) is 3. The second-order valence-corrected chi connectivity index (χ2v) is 7.41. The lowest BCUT2D eigenvalue weighted by molar-refractivity contribution is -0.141. The minimum Gasteiger partial charge on any atom is -0.336 e. The Bertz CT molecular complexity index is 678. The van der Waals surface area contributed by atoms with E-state index < -0.39 is 0 Å². The molecule has 0 spiro atoms. The van der Waals surface area contributed by atoms with Gasteiger partial charge in [0.15, 0.2) is 0 Å². The van der Waals surface area contributed by atoms with E-state index in [9.17, 15) is 14.4 Å². The van der Waals surface area contributed by atoms with Gasteiger partial charge in [-0.25, -0.2) is 0 Å². The number of unbranched alkanes of at least 4 members (excludes halogenated alkanes) is 1. The third-order valence-electron chi connectivity index (χ3n) is 4.93. The van der Waals surface area contributed by atoms with E-state index in [4.69, 9.17) is 11.6 Å². The molecule has 1 aliphatic rings. The Morgan fingerprint density at radius 1 is 1.22 bits per heavy atom. The van der Waals surface area contributed by atoms with E-state index in [0.717, 1.165) is 25.7 Å². The summed E-state index contributed by atoms with van der Waals surface area (Å²) in [5.41, 5.74) is 0.703. The monoisotopic (exact) mass is 393 g/mol. The smallest absolute Gasteiger partial charge is 0.248 e. The van der Waals surface area contributed by atoms with Crippen LogP contribution in [0.3, 0.4) is 0 Å². The van der Waals surface area contributed by atoms with Crippen LogP contribution >= 0.6 is 11.6 Å². The average molecular weight is 394 g/mol. The van der Waals surface area contributed by atoms with Crippen molar-refractivity contribution in [2.75, 3.05) is 31.7 Å². The van der Waals surface area contributed by atoms with Crippen molar-refractivity contribution in [3.8, 4) is 0 Å². The fourth-order valence-corrected chi connectivity index (χ4v) is 3.33. The van der Waals surface area contributed by atoms with Crippen LogP contribution < -0.4 is 4.90 Å².